The highest BCUT2D eigenvalue weighted by molar-refractivity contribution is 7.16. The first-order chi connectivity index (χ1) is 7.45. The van der Waals surface area contributed by atoms with Gasteiger partial charge >= 0.3 is 0 Å². The second-order valence-corrected chi connectivity index (χ2v) is 4.58. The summed E-state index contributed by atoms with van der Waals surface area (Å²) in [6, 6.07) is 2.12. The number of quaternary nitrogens is 1. The molecule has 78 valence electrons. The fourth-order valence-electron chi connectivity index (χ4n) is 1.99. The summed E-state index contributed by atoms with van der Waals surface area (Å²) in [4.78, 5) is 12.1. The lowest BCUT2D eigenvalue weighted by Crippen LogP contribution is -2.89. The minimum Gasteiger partial charge on any atom is -0.345 e. The molecule has 2 aromatic rings. The van der Waals surface area contributed by atoms with E-state index in [2.05, 4.69) is 31.6 Å². The predicted octanol–water partition coefficient (Wildman–Crippen LogP) is 0.0747. The quantitative estimate of drug-likeness (QED) is 0.741. The molecular weight excluding hydrogens is 208 g/mol. The molecule has 15 heavy (non-hydrogen) atoms. The molecule has 4 nitrogen and oxygen atoms in total. The van der Waals surface area contributed by atoms with Gasteiger partial charge in [0.25, 0.3) is 0 Å². The molecule has 0 bridgehead atoms. The first-order valence-corrected chi connectivity index (χ1v) is 6.08. The molecule has 0 aliphatic carbocycles. The van der Waals surface area contributed by atoms with Gasteiger partial charge in [0.05, 0.1) is 31.6 Å². The Bertz CT molecular complexity index is 461. The van der Waals surface area contributed by atoms with Crippen molar-refractivity contribution >= 4 is 27.4 Å². The summed E-state index contributed by atoms with van der Waals surface area (Å²) in [5, 5.41) is 5.63. The molecule has 2 aromatic heterocycles. The summed E-state index contributed by atoms with van der Waals surface area (Å²) >= 11 is 1.68. The third-order valence-corrected chi connectivity index (χ3v) is 3.57. The summed E-state index contributed by atoms with van der Waals surface area (Å²) in [7, 11) is 0. The van der Waals surface area contributed by atoms with Gasteiger partial charge in [-0.05, 0) is 11.4 Å². The van der Waals surface area contributed by atoms with Crippen molar-refractivity contribution < 1.29 is 5.32 Å². The molecule has 0 aromatic carbocycles. The number of thiophene rings is 1. The minimum absolute atomic E-state index is 1.09. The van der Waals surface area contributed by atoms with Crippen LogP contribution in [0.4, 0.5) is 5.82 Å². The Morgan fingerprint density at radius 3 is 3.00 bits per heavy atom. The van der Waals surface area contributed by atoms with Gasteiger partial charge in [-0.1, -0.05) is 0 Å². The summed E-state index contributed by atoms with van der Waals surface area (Å²) in [5.74, 6) is 1.11. The monoisotopic (exact) mass is 221 g/mol. The fraction of sp³-hybridized carbons (Fsp3) is 0.400. The molecule has 3 rings (SSSR count). The highest BCUT2D eigenvalue weighted by Crippen LogP contribution is 2.26. The van der Waals surface area contributed by atoms with E-state index in [4.69, 9.17) is 0 Å². The van der Waals surface area contributed by atoms with E-state index < -0.39 is 0 Å². The Balaban J connectivity index is 2.05. The summed E-state index contributed by atoms with van der Waals surface area (Å²) in [5.41, 5.74) is 0. The first kappa shape index (κ1) is 9.06. The Morgan fingerprint density at radius 1 is 1.27 bits per heavy atom. The predicted molar refractivity (Wildman–Crippen MR) is 61.3 cm³/mol. The van der Waals surface area contributed by atoms with Gasteiger partial charge in [0.2, 0.25) is 0 Å². The summed E-state index contributed by atoms with van der Waals surface area (Å²) in [6.45, 7) is 4.50. The van der Waals surface area contributed by atoms with Crippen LogP contribution in [0.2, 0.25) is 0 Å². The lowest BCUT2D eigenvalue weighted by Gasteiger charge is -2.26. The fourth-order valence-corrected chi connectivity index (χ4v) is 2.72. The van der Waals surface area contributed by atoms with Crippen LogP contribution in [0.25, 0.3) is 10.2 Å². The van der Waals surface area contributed by atoms with Gasteiger partial charge in [0.15, 0.2) is 0 Å². The number of piperazine rings is 1. The zero-order valence-corrected chi connectivity index (χ0v) is 9.20. The number of nitrogens with zero attached hydrogens (tertiary/aromatic N) is 3. The maximum Gasteiger partial charge on any atom is 0.141 e. The molecule has 1 saturated heterocycles. The molecule has 0 saturated carbocycles. The molecular formula is C10H13N4S+. The van der Waals surface area contributed by atoms with E-state index in [0.717, 1.165) is 36.8 Å². The zero-order valence-electron chi connectivity index (χ0n) is 8.39. The van der Waals surface area contributed by atoms with Gasteiger partial charge < -0.3 is 10.2 Å². The van der Waals surface area contributed by atoms with E-state index in [9.17, 15) is 0 Å². The highest BCUT2D eigenvalue weighted by atomic mass is 32.1. The van der Waals surface area contributed by atoms with E-state index in [1.54, 1.807) is 17.7 Å². The number of aromatic nitrogens is 2. The highest BCUT2D eigenvalue weighted by Gasteiger charge is 2.16. The van der Waals surface area contributed by atoms with E-state index in [1.165, 1.54) is 5.39 Å². The van der Waals surface area contributed by atoms with Crippen LogP contribution < -0.4 is 10.2 Å². The Labute approximate surface area is 92.0 Å². The maximum absolute atomic E-state index is 4.41. The molecule has 1 fully saturated rings. The average molecular weight is 221 g/mol. The lowest BCUT2D eigenvalue weighted by molar-refractivity contribution is -0.655. The first-order valence-electron chi connectivity index (χ1n) is 5.20. The molecule has 5 heteroatoms. The van der Waals surface area contributed by atoms with Crippen molar-refractivity contribution in [3.8, 4) is 0 Å². The number of hydrogen-bond donors (Lipinski definition) is 1. The lowest BCUT2D eigenvalue weighted by atomic mass is 10.3. The normalized spacial score (nSPS) is 17.2. The second kappa shape index (κ2) is 3.75. The van der Waals surface area contributed by atoms with Crippen LogP contribution in [0, 0.1) is 0 Å². The van der Waals surface area contributed by atoms with E-state index in [-0.39, 0.29) is 0 Å². The standard InChI is InChI=1S/C10H12N4S/c1-6-15-10-8(1)9(12-7-13-10)14-4-2-11-3-5-14/h1,6-7,11H,2-5H2/p+1. The van der Waals surface area contributed by atoms with Crippen molar-refractivity contribution in [1.29, 1.82) is 0 Å². The van der Waals surface area contributed by atoms with E-state index in [0.29, 0.717) is 0 Å². The zero-order chi connectivity index (χ0) is 10.1. The largest absolute Gasteiger partial charge is 0.345 e. The molecule has 0 amide bonds. The third-order valence-electron chi connectivity index (χ3n) is 2.75. The van der Waals surface area contributed by atoms with E-state index >= 15 is 0 Å². The van der Waals surface area contributed by atoms with Crippen LogP contribution in [0.15, 0.2) is 17.8 Å². The number of rotatable bonds is 1. The van der Waals surface area contributed by atoms with Gasteiger partial charge in [0.1, 0.15) is 17.0 Å². The number of anilines is 1. The molecule has 3 heterocycles. The van der Waals surface area contributed by atoms with Gasteiger partial charge in [-0.15, -0.1) is 11.3 Å². The topological polar surface area (TPSA) is 45.6 Å². The van der Waals surface area contributed by atoms with Crippen LogP contribution in [0.3, 0.4) is 0 Å². The summed E-state index contributed by atoms with van der Waals surface area (Å²) in [6.07, 6.45) is 1.67. The number of hydrogen-bond acceptors (Lipinski definition) is 4. The molecule has 2 N–H and O–H groups in total. The maximum atomic E-state index is 4.41. The van der Waals surface area contributed by atoms with Crippen molar-refractivity contribution in [3.05, 3.63) is 17.8 Å². The smallest absolute Gasteiger partial charge is 0.141 e. The van der Waals surface area contributed by atoms with Gasteiger partial charge in [-0.3, -0.25) is 0 Å². The minimum atomic E-state index is 1.09. The Kier molecular flexibility index (Phi) is 2.26. The SMILES string of the molecule is c1nc(N2CC[NH2+]CC2)c2ccsc2n1. The molecule has 0 unspecified atom stereocenters. The van der Waals surface area contributed by atoms with Crippen LogP contribution in [-0.4, -0.2) is 36.1 Å². The van der Waals surface area contributed by atoms with Crippen LogP contribution in [-0.2, 0) is 0 Å². The molecule has 1 aliphatic heterocycles. The van der Waals surface area contributed by atoms with E-state index in [1.807, 2.05) is 0 Å². The second-order valence-electron chi connectivity index (χ2n) is 3.69. The average Bonchev–Trinajstić information content (AvgIpc) is 2.78. The Morgan fingerprint density at radius 2 is 2.13 bits per heavy atom. The van der Waals surface area contributed by atoms with Crippen LogP contribution >= 0.6 is 11.3 Å². The third kappa shape index (κ3) is 1.57. The van der Waals surface area contributed by atoms with Gasteiger partial charge in [-0.25, -0.2) is 9.97 Å². The number of fused-ring (bicyclic) bond motifs is 1. The molecule has 0 atom stereocenters. The van der Waals surface area contributed by atoms with Crippen molar-refractivity contribution in [2.45, 2.75) is 0 Å². The summed E-state index contributed by atoms with van der Waals surface area (Å²) < 4.78 is 0. The van der Waals surface area contributed by atoms with Crippen molar-refractivity contribution in [2.75, 3.05) is 31.1 Å². The van der Waals surface area contributed by atoms with Crippen LogP contribution in [0.5, 0.6) is 0 Å². The molecule has 1 aliphatic rings. The molecule has 0 spiro atoms. The van der Waals surface area contributed by atoms with Crippen molar-refractivity contribution in [2.24, 2.45) is 0 Å². The van der Waals surface area contributed by atoms with Gasteiger partial charge in [-0.2, -0.15) is 0 Å². The van der Waals surface area contributed by atoms with Crippen molar-refractivity contribution in [3.63, 3.8) is 0 Å². The molecule has 0 radical (unpaired) electrons. The number of nitrogens with two attached hydrogens (primary N) is 1. The van der Waals surface area contributed by atoms with Crippen molar-refractivity contribution in [1.82, 2.24) is 9.97 Å². The van der Waals surface area contributed by atoms with Gasteiger partial charge in [0, 0.05) is 0 Å². The Hall–Kier alpha value is -1.20. The van der Waals surface area contributed by atoms with Crippen LogP contribution in [0.1, 0.15) is 0 Å².